The lowest BCUT2D eigenvalue weighted by Gasteiger charge is -2.40. The molecule has 10 heteroatoms. The van der Waals surface area contributed by atoms with Gasteiger partial charge in [-0.05, 0) is 32.1 Å². The Morgan fingerprint density at radius 2 is 1.97 bits per heavy atom. The first-order valence-electron chi connectivity index (χ1n) is 10.5. The first kappa shape index (κ1) is 23.6. The van der Waals surface area contributed by atoms with Gasteiger partial charge >= 0.3 is 6.18 Å². The molecule has 1 aromatic rings. The zero-order valence-corrected chi connectivity index (χ0v) is 18.3. The predicted octanol–water partition coefficient (Wildman–Crippen LogP) is 2.84. The van der Waals surface area contributed by atoms with Crippen LogP contribution in [-0.2, 0) is 16.0 Å². The van der Waals surface area contributed by atoms with Crippen molar-refractivity contribution in [3.05, 3.63) is 28.6 Å². The molecule has 0 bridgehead atoms. The van der Waals surface area contributed by atoms with E-state index in [4.69, 9.17) is 4.74 Å². The summed E-state index contributed by atoms with van der Waals surface area (Å²) in [6, 6.07) is -0.236. The van der Waals surface area contributed by atoms with Crippen LogP contribution in [0.1, 0.15) is 26.2 Å². The van der Waals surface area contributed by atoms with Gasteiger partial charge in [-0.15, -0.1) is 0 Å². The highest BCUT2D eigenvalue weighted by Gasteiger charge is 2.47. The molecule has 2 fully saturated rings. The largest absolute Gasteiger partial charge is 0.408 e. The average molecular weight is 444 g/mol. The second-order valence-electron chi connectivity index (χ2n) is 8.34. The van der Waals surface area contributed by atoms with Gasteiger partial charge in [-0.2, -0.15) is 18.2 Å². The minimum Gasteiger partial charge on any atom is -0.388 e. The van der Waals surface area contributed by atoms with E-state index >= 15 is 0 Å². The topological polar surface area (TPSA) is 59.8 Å². The number of fused-ring (bicyclic) bond motifs is 1. The van der Waals surface area contributed by atoms with Crippen LogP contribution >= 0.6 is 0 Å². The van der Waals surface area contributed by atoms with Crippen LogP contribution in [0.5, 0.6) is 0 Å². The monoisotopic (exact) mass is 444 g/mol. The summed E-state index contributed by atoms with van der Waals surface area (Å²) in [5, 5.41) is 0. The first-order chi connectivity index (χ1) is 14.7. The van der Waals surface area contributed by atoms with E-state index in [1.54, 1.807) is 14.2 Å². The van der Waals surface area contributed by atoms with Crippen LogP contribution in [0.3, 0.4) is 0 Å². The van der Waals surface area contributed by atoms with Crippen LogP contribution in [0.15, 0.2) is 23.0 Å². The number of nitrogens with zero attached hydrogens (tertiary/aromatic N) is 4. The van der Waals surface area contributed by atoms with Gasteiger partial charge in [0.1, 0.15) is 11.9 Å². The highest BCUT2D eigenvalue weighted by atomic mass is 19.4. The number of hydrogen-bond donors (Lipinski definition) is 0. The molecular weight excluding hydrogens is 413 g/mol. The van der Waals surface area contributed by atoms with Crippen molar-refractivity contribution in [2.45, 2.75) is 51.0 Å². The summed E-state index contributed by atoms with van der Waals surface area (Å²) in [6.45, 7) is 7.57. The van der Waals surface area contributed by atoms with Gasteiger partial charge in [-0.3, -0.25) is 9.36 Å². The molecule has 1 aliphatic carbocycles. The van der Waals surface area contributed by atoms with Gasteiger partial charge in [0.25, 0.3) is 5.56 Å². The highest BCUT2D eigenvalue weighted by molar-refractivity contribution is 5.48. The van der Waals surface area contributed by atoms with Crippen molar-refractivity contribution >= 4 is 11.8 Å². The van der Waals surface area contributed by atoms with Crippen molar-refractivity contribution in [2.24, 2.45) is 5.92 Å². The molecular formula is C21H31F3N4O3. The molecule has 2 unspecified atom stereocenters. The summed E-state index contributed by atoms with van der Waals surface area (Å²) in [5.74, 6) is 0.784. The minimum absolute atomic E-state index is 0.000540. The zero-order chi connectivity index (χ0) is 22.8. The van der Waals surface area contributed by atoms with Crippen molar-refractivity contribution in [3.63, 3.8) is 0 Å². The van der Waals surface area contributed by atoms with Crippen molar-refractivity contribution in [1.82, 2.24) is 9.55 Å². The first-order valence-corrected chi connectivity index (χ1v) is 10.5. The maximum Gasteiger partial charge on any atom is 0.408 e. The normalized spacial score (nSPS) is 23.7. The van der Waals surface area contributed by atoms with Crippen LogP contribution in [-0.4, -0.2) is 68.3 Å². The molecule has 31 heavy (non-hydrogen) atoms. The molecule has 174 valence electrons. The lowest BCUT2D eigenvalue weighted by molar-refractivity contribution is -0.152. The van der Waals surface area contributed by atoms with Crippen molar-refractivity contribution in [3.8, 4) is 0 Å². The standard InChI is InChI=1S/C19H25F3N4O2.C2H6O/c1-12(14-3-4-14)10-26-15(19(20,21)22)5-6-25-17(27)9-16(23-18(25)26)24-7-8-28-11-13(24)2;1-3-2/h9,13-15H,1,3-8,10-11H2,2H3;1-2H3. The van der Waals surface area contributed by atoms with Crippen LogP contribution in [0.4, 0.5) is 24.9 Å². The Bertz CT molecular complexity index is 838. The highest BCUT2D eigenvalue weighted by Crippen LogP contribution is 2.39. The van der Waals surface area contributed by atoms with Crippen LogP contribution in [0.2, 0.25) is 0 Å². The molecule has 7 nitrogen and oxygen atoms in total. The Labute approximate surface area is 180 Å². The lowest BCUT2D eigenvalue weighted by Crippen LogP contribution is -2.53. The number of methoxy groups -OCH3 is 1. The van der Waals surface area contributed by atoms with Gasteiger partial charge in [0.05, 0.1) is 19.3 Å². The van der Waals surface area contributed by atoms with Crippen LogP contribution < -0.4 is 15.4 Å². The number of anilines is 2. The molecule has 3 heterocycles. The van der Waals surface area contributed by atoms with Gasteiger partial charge in [0.2, 0.25) is 5.95 Å². The molecule has 2 aliphatic heterocycles. The van der Waals surface area contributed by atoms with Gasteiger partial charge < -0.3 is 19.3 Å². The molecule has 0 radical (unpaired) electrons. The number of hydrogen-bond acceptors (Lipinski definition) is 6. The van der Waals surface area contributed by atoms with E-state index in [0.717, 1.165) is 18.4 Å². The van der Waals surface area contributed by atoms with E-state index in [2.05, 4.69) is 16.3 Å². The second kappa shape index (κ2) is 9.60. The third-order valence-corrected chi connectivity index (χ3v) is 5.80. The Balaban J connectivity index is 0.000000858. The fourth-order valence-corrected chi connectivity index (χ4v) is 4.03. The lowest BCUT2D eigenvalue weighted by atomic mass is 10.1. The molecule has 0 amide bonds. The molecule has 0 aromatic carbocycles. The SMILES string of the molecule is C=C(CN1c2nc(N3CCOCC3C)cc(=O)n2CCC1C(F)(F)F)C1CC1.COC. The molecule has 4 rings (SSSR count). The molecule has 0 N–H and O–H groups in total. The van der Waals surface area contributed by atoms with Crippen LogP contribution in [0, 0.1) is 5.92 Å². The van der Waals surface area contributed by atoms with Gasteiger partial charge in [-0.25, -0.2) is 0 Å². The third kappa shape index (κ3) is 5.41. The van der Waals surface area contributed by atoms with Gasteiger partial charge in [0, 0.05) is 39.9 Å². The number of ether oxygens (including phenoxy) is 2. The van der Waals surface area contributed by atoms with Crippen LogP contribution in [0.25, 0.3) is 0 Å². The summed E-state index contributed by atoms with van der Waals surface area (Å²) in [7, 11) is 3.25. The fraction of sp³-hybridized carbons (Fsp3) is 0.714. The van der Waals surface area contributed by atoms with E-state index in [0.29, 0.717) is 25.6 Å². The number of halogens is 3. The molecule has 0 spiro atoms. The third-order valence-electron chi connectivity index (χ3n) is 5.80. The molecule has 3 aliphatic rings. The Hall–Kier alpha value is -2.07. The summed E-state index contributed by atoms with van der Waals surface area (Å²) < 4.78 is 52.3. The molecule has 1 aromatic heterocycles. The number of aromatic nitrogens is 2. The maximum absolute atomic E-state index is 13.8. The second-order valence-corrected chi connectivity index (χ2v) is 8.34. The van der Waals surface area contributed by atoms with Crippen molar-refractivity contribution in [2.75, 3.05) is 50.3 Å². The van der Waals surface area contributed by atoms with E-state index in [9.17, 15) is 18.0 Å². The fourth-order valence-electron chi connectivity index (χ4n) is 4.03. The van der Waals surface area contributed by atoms with Crippen molar-refractivity contribution < 1.29 is 22.6 Å². The minimum atomic E-state index is -4.39. The smallest absolute Gasteiger partial charge is 0.388 e. The van der Waals surface area contributed by atoms with Gasteiger partial charge in [-0.1, -0.05) is 12.2 Å². The molecule has 1 saturated heterocycles. The Morgan fingerprint density at radius 3 is 2.55 bits per heavy atom. The van der Waals surface area contributed by atoms with Crippen molar-refractivity contribution in [1.29, 1.82) is 0 Å². The van der Waals surface area contributed by atoms with E-state index in [1.807, 2.05) is 11.8 Å². The number of alkyl halides is 3. The predicted molar refractivity (Wildman–Crippen MR) is 113 cm³/mol. The summed E-state index contributed by atoms with van der Waals surface area (Å²) >= 11 is 0. The maximum atomic E-state index is 13.8. The van der Waals surface area contributed by atoms with E-state index in [1.165, 1.54) is 15.5 Å². The number of rotatable bonds is 4. The summed E-state index contributed by atoms with van der Waals surface area (Å²) in [4.78, 5) is 20.4. The quantitative estimate of drug-likeness (QED) is 0.666. The average Bonchev–Trinajstić information content (AvgIpc) is 3.54. The summed E-state index contributed by atoms with van der Waals surface area (Å²) in [5.41, 5.74) is 0.462. The Kier molecular flexibility index (Phi) is 7.31. The number of morpholine rings is 1. The van der Waals surface area contributed by atoms with E-state index in [-0.39, 0.29) is 43.0 Å². The van der Waals surface area contributed by atoms with E-state index < -0.39 is 12.2 Å². The molecule has 1 saturated carbocycles. The summed E-state index contributed by atoms with van der Waals surface area (Å²) in [6.07, 6.45) is -2.62. The zero-order valence-electron chi connectivity index (χ0n) is 18.3. The molecule has 2 atom stereocenters. The van der Waals surface area contributed by atoms with Gasteiger partial charge in [0.15, 0.2) is 0 Å². The Morgan fingerprint density at radius 1 is 1.29 bits per heavy atom.